The summed E-state index contributed by atoms with van der Waals surface area (Å²) in [5, 5.41) is 11.1. The predicted molar refractivity (Wildman–Crippen MR) is 104 cm³/mol. The van der Waals surface area contributed by atoms with Gasteiger partial charge in [-0.05, 0) is 23.6 Å². The fourth-order valence-electron chi connectivity index (χ4n) is 2.98. The summed E-state index contributed by atoms with van der Waals surface area (Å²) in [6, 6.07) is 6.76. The molecule has 0 bridgehead atoms. The molecule has 0 aliphatic carbocycles. The molecule has 0 spiro atoms. The number of esters is 2. The van der Waals surface area contributed by atoms with Crippen molar-refractivity contribution in [1.82, 2.24) is 0 Å². The van der Waals surface area contributed by atoms with Gasteiger partial charge in [0.25, 0.3) is 0 Å². The zero-order chi connectivity index (χ0) is 21.3. The van der Waals surface area contributed by atoms with Gasteiger partial charge in [0.05, 0.1) is 26.7 Å². The van der Waals surface area contributed by atoms with Crippen LogP contribution in [-0.2, 0) is 25.5 Å². The van der Waals surface area contributed by atoms with E-state index in [1.54, 1.807) is 38.1 Å². The van der Waals surface area contributed by atoms with E-state index in [4.69, 9.17) is 25.7 Å². The Morgan fingerprint density at radius 3 is 2.21 bits per heavy atom. The Hall–Kier alpha value is -2.81. The van der Waals surface area contributed by atoms with Gasteiger partial charge in [-0.2, -0.15) is 0 Å². The van der Waals surface area contributed by atoms with Crippen LogP contribution in [0.2, 0.25) is 0 Å². The molecule has 0 saturated carbocycles. The highest BCUT2D eigenvalue weighted by atomic mass is 16.5. The molecule has 0 aliphatic heterocycles. The standard InChI is InChI=1S/C19H29N3O6/c1-12(2)15(16(23)26-3)19(25,17(24)27-4)11-13-5-7-14(8-6-13)28-10-9-22-18(20)21/h5-8,12,15,25H,9-11H2,1-4H3,(H4,20,21,22). The molecule has 0 aliphatic rings. The van der Waals surface area contributed by atoms with Gasteiger partial charge < -0.3 is 30.8 Å². The molecule has 1 aromatic carbocycles. The molecule has 0 aromatic heterocycles. The summed E-state index contributed by atoms with van der Waals surface area (Å²) in [6.45, 7) is 4.06. The molecule has 0 radical (unpaired) electrons. The van der Waals surface area contributed by atoms with Gasteiger partial charge >= 0.3 is 11.9 Å². The fourth-order valence-corrected chi connectivity index (χ4v) is 2.98. The number of ether oxygens (including phenoxy) is 3. The minimum absolute atomic E-state index is 0.00800. The lowest BCUT2D eigenvalue weighted by molar-refractivity contribution is -0.181. The van der Waals surface area contributed by atoms with Gasteiger partial charge in [0.15, 0.2) is 11.6 Å². The van der Waals surface area contributed by atoms with Crippen LogP contribution in [0.25, 0.3) is 0 Å². The highest BCUT2D eigenvalue weighted by molar-refractivity contribution is 5.88. The summed E-state index contributed by atoms with van der Waals surface area (Å²) < 4.78 is 15.1. The topological polar surface area (TPSA) is 146 Å². The van der Waals surface area contributed by atoms with Crippen molar-refractivity contribution in [3.63, 3.8) is 0 Å². The number of aliphatic hydroxyl groups is 1. The van der Waals surface area contributed by atoms with Gasteiger partial charge in [-0.15, -0.1) is 0 Å². The first kappa shape index (κ1) is 23.2. The highest BCUT2D eigenvalue weighted by Crippen LogP contribution is 2.32. The Morgan fingerprint density at radius 1 is 1.14 bits per heavy atom. The van der Waals surface area contributed by atoms with Crippen molar-refractivity contribution >= 4 is 17.9 Å². The van der Waals surface area contributed by atoms with Crippen LogP contribution in [0.3, 0.4) is 0 Å². The van der Waals surface area contributed by atoms with E-state index in [1.807, 2.05) is 0 Å². The molecule has 9 heteroatoms. The zero-order valence-electron chi connectivity index (χ0n) is 16.7. The minimum Gasteiger partial charge on any atom is -0.492 e. The van der Waals surface area contributed by atoms with Crippen LogP contribution < -0.4 is 16.2 Å². The molecular formula is C19H29N3O6. The van der Waals surface area contributed by atoms with Gasteiger partial charge in [0.1, 0.15) is 12.4 Å². The van der Waals surface area contributed by atoms with Crippen LogP contribution in [0.1, 0.15) is 19.4 Å². The molecule has 156 valence electrons. The number of guanidine groups is 1. The maximum absolute atomic E-state index is 12.4. The molecule has 0 saturated heterocycles. The van der Waals surface area contributed by atoms with Crippen molar-refractivity contribution in [1.29, 1.82) is 0 Å². The quantitative estimate of drug-likeness (QED) is 0.221. The van der Waals surface area contributed by atoms with Crippen molar-refractivity contribution < 1.29 is 28.9 Å². The Labute approximate surface area is 164 Å². The summed E-state index contributed by atoms with van der Waals surface area (Å²) in [5.41, 5.74) is 9.04. The Kier molecular flexibility index (Phi) is 8.72. The lowest BCUT2D eigenvalue weighted by atomic mass is 9.76. The van der Waals surface area contributed by atoms with Crippen LogP contribution >= 0.6 is 0 Å². The van der Waals surface area contributed by atoms with Gasteiger partial charge in [-0.25, -0.2) is 4.79 Å². The molecular weight excluding hydrogens is 366 g/mol. The number of methoxy groups -OCH3 is 2. The Morgan fingerprint density at radius 2 is 1.75 bits per heavy atom. The van der Waals surface area contributed by atoms with E-state index < -0.39 is 23.5 Å². The predicted octanol–water partition coefficient (Wildman–Crippen LogP) is 0.231. The first-order valence-corrected chi connectivity index (χ1v) is 8.81. The zero-order valence-corrected chi connectivity index (χ0v) is 16.7. The molecule has 1 rings (SSSR count). The van der Waals surface area contributed by atoms with E-state index in [0.29, 0.717) is 24.5 Å². The lowest BCUT2D eigenvalue weighted by Gasteiger charge is -2.34. The van der Waals surface area contributed by atoms with E-state index in [1.165, 1.54) is 7.11 Å². The summed E-state index contributed by atoms with van der Waals surface area (Å²) in [6.07, 6.45) is -0.119. The van der Waals surface area contributed by atoms with E-state index in [0.717, 1.165) is 7.11 Å². The monoisotopic (exact) mass is 395 g/mol. The van der Waals surface area contributed by atoms with Crippen LogP contribution in [0.15, 0.2) is 29.3 Å². The number of nitrogens with zero attached hydrogens (tertiary/aromatic N) is 1. The lowest BCUT2D eigenvalue weighted by Crippen LogP contribution is -2.54. The fraction of sp³-hybridized carbons (Fsp3) is 0.526. The number of carbonyl (C=O) groups is 2. The summed E-state index contributed by atoms with van der Waals surface area (Å²) in [5.74, 6) is -2.44. The van der Waals surface area contributed by atoms with E-state index in [2.05, 4.69) is 4.99 Å². The van der Waals surface area contributed by atoms with E-state index >= 15 is 0 Å². The van der Waals surface area contributed by atoms with Crippen molar-refractivity contribution in [2.24, 2.45) is 28.3 Å². The number of hydrogen-bond donors (Lipinski definition) is 3. The second-order valence-corrected chi connectivity index (χ2v) is 6.64. The van der Waals surface area contributed by atoms with Crippen LogP contribution in [0, 0.1) is 11.8 Å². The number of rotatable bonds is 10. The smallest absolute Gasteiger partial charge is 0.339 e. The van der Waals surface area contributed by atoms with Gasteiger partial charge in [-0.1, -0.05) is 26.0 Å². The SMILES string of the molecule is COC(=O)C(C(C)C)C(O)(Cc1ccc(OCCN=C(N)N)cc1)C(=O)OC. The maximum atomic E-state index is 12.4. The van der Waals surface area contributed by atoms with Crippen LogP contribution in [0.4, 0.5) is 0 Å². The number of nitrogens with two attached hydrogens (primary N) is 2. The maximum Gasteiger partial charge on any atom is 0.339 e. The third kappa shape index (κ3) is 6.12. The molecule has 2 atom stereocenters. The van der Waals surface area contributed by atoms with E-state index in [9.17, 15) is 14.7 Å². The molecule has 1 aromatic rings. The minimum atomic E-state index is -2.06. The first-order valence-electron chi connectivity index (χ1n) is 8.81. The third-order valence-corrected chi connectivity index (χ3v) is 4.23. The normalized spacial score (nSPS) is 13.9. The van der Waals surface area contributed by atoms with Crippen LogP contribution in [0.5, 0.6) is 5.75 Å². The van der Waals surface area contributed by atoms with Crippen LogP contribution in [-0.4, -0.2) is 56.0 Å². The largest absolute Gasteiger partial charge is 0.492 e. The van der Waals surface area contributed by atoms with Gasteiger partial charge in [0.2, 0.25) is 0 Å². The second kappa shape index (κ2) is 10.5. The van der Waals surface area contributed by atoms with E-state index in [-0.39, 0.29) is 18.3 Å². The average molecular weight is 395 g/mol. The molecule has 0 amide bonds. The number of hydrogen-bond acceptors (Lipinski definition) is 7. The second-order valence-electron chi connectivity index (χ2n) is 6.64. The Bertz CT molecular complexity index is 685. The van der Waals surface area contributed by atoms with Crippen molar-refractivity contribution in [2.45, 2.75) is 25.9 Å². The van der Waals surface area contributed by atoms with Gasteiger partial charge in [0, 0.05) is 6.42 Å². The molecule has 2 unspecified atom stereocenters. The molecule has 0 heterocycles. The first-order chi connectivity index (χ1) is 13.2. The van der Waals surface area contributed by atoms with Crippen molar-refractivity contribution in [3.05, 3.63) is 29.8 Å². The highest BCUT2D eigenvalue weighted by Gasteiger charge is 2.51. The number of carbonyl (C=O) groups excluding carboxylic acids is 2. The third-order valence-electron chi connectivity index (χ3n) is 4.23. The number of aliphatic imine (C=N–C) groups is 1. The average Bonchev–Trinajstić information content (AvgIpc) is 2.65. The summed E-state index contributed by atoms with van der Waals surface area (Å²) in [4.78, 5) is 28.4. The Balaban J connectivity index is 2.99. The molecule has 0 fully saturated rings. The molecule has 9 nitrogen and oxygen atoms in total. The van der Waals surface area contributed by atoms with Crippen molar-refractivity contribution in [3.8, 4) is 5.75 Å². The van der Waals surface area contributed by atoms with Crippen molar-refractivity contribution in [2.75, 3.05) is 27.4 Å². The molecule has 5 N–H and O–H groups in total. The van der Waals surface area contributed by atoms with Gasteiger partial charge in [-0.3, -0.25) is 9.79 Å². The summed E-state index contributed by atoms with van der Waals surface area (Å²) in [7, 11) is 2.37. The molecule has 28 heavy (non-hydrogen) atoms. The summed E-state index contributed by atoms with van der Waals surface area (Å²) >= 11 is 0. The number of benzene rings is 1.